The number of aliphatic hydroxyl groups is 1. The zero-order chi connectivity index (χ0) is 18.6. The van der Waals surface area contributed by atoms with Crippen molar-refractivity contribution in [2.45, 2.75) is 64.4 Å². The second-order valence-electron chi connectivity index (χ2n) is 7.97. The lowest BCUT2D eigenvalue weighted by molar-refractivity contribution is -0.182. The summed E-state index contributed by atoms with van der Waals surface area (Å²) in [6, 6.07) is 0. The van der Waals surface area contributed by atoms with Crippen molar-refractivity contribution in [3.05, 3.63) is 23.8 Å². The number of carboxylic acid groups (broad SMARTS) is 1. The summed E-state index contributed by atoms with van der Waals surface area (Å²) in [5.74, 6) is 1.36. The molecule has 5 nitrogen and oxygen atoms in total. The van der Waals surface area contributed by atoms with Crippen molar-refractivity contribution in [1.29, 1.82) is 0 Å². The summed E-state index contributed by atoms with van der Waals surface area (Å²) in [6.07, 6.45) is 9.37. The van der Waals surface area contributed by atoms with Crippen LogP contribution in [0.3, 0.4) is 0 Å². The average Bonchev–Trinajstić information content (AvgIpc) is 2.51. The minimum absolute atomic E-state index is 0.00458. The first-order valence-corrected chi connectivity index (χ1v) is 9.14. The molecule has 4 bridgehead atoms. The molecule has 4 aliphatic carbocycles. The van der Waals surface area contributed by atoms with E-state index in [-0.39, 0.29) is 23.8 Å². The number of carboxylic acids is 1. The monoisotopic (exact) mass is 350 g/mol. The van der Waals surface area contributed by atoms with E-state index in [1.807, 2.05) is 0 Å². The third-order valence-corrected chi connectivity index (χ3v) is 5.56. The molecule has 0 aromatic carbocycles. The van der Waals surface area contributed by atoms with Gasteiger partial charge in [0.1, 0.15) is 5.60 Å². The van der Waals surface area contributed by atoms with Crippen molar-refractivity contribution in [3.8, 4) is 0 Å². The molecule has 4 rings (SSSR count). The molecule has 0 atom stereocenters. The maximum Gasteiger partial charge on any atom is 0.333 e. The Hall–Kier alpha value is -1.62. The Morgan fingerprint density at radius 1 is 1.12 bits per heavy atom. The molecule has 0 heterocycles. The molecule has 0 aliphatic heterocycles. The first kappa shape index (κ1) is 19.7. The summed E-state index contributed by atoms with van der Waals surface area (Å²) >= 11 is 0. The van der Waals surface area contributed by atoms with Crippen LogP contribution in [0.4, 0.5) is 0 Å². The van der Waals surface area contributed by atoms with Crippen LogP contribution in [-0.4, -0.2) is 34.4 Å². The second kappa shape index (κ2) is 8.17. The van der Waals surface area contributed by atoms with Crippen molar-refractivity contribution in [3.63, 3.8) is 0 Å². The Morgan fingerprint density at radius 3 is 1.96 bits per heavy atom. The molecule has 0 amide bonds. The SMILES string of the molecule is C=C(C)C(=O)OC12CC3CC(CC(C3)C1)C2.CC(=CCCO)C(=O)O. The quantitative estimate of drug-likeness (QED) is 0.586. The molecule has 2 N–H and O–H groups in total. The van der Waals surface area contributed by atoms with Crippen LogP contribution in [0, 0.1) is 17.8 Å². The Bertz CT molecular complexity index is 525. The molecule has 4 aliphatic rings. The highest BCUT2D eigenvalue weighted by molar-refractivity contribution is 5.87. The van der Waals surface area contributed by atoms with E-state index < -0.39 is 5.97 Å². The van der Waals surface area contributed by atoms with Crippen LogP contribution in [0.1, 0.15) is 58.8 Å². The zero-order valence-corrected chi connectivity index (χ0v) is 15.3. The largest absolute Gasteiger partial charge is 0.478 e. The van der Waals surface area contributed by atoms with Gasteiger partial charge in [0.25, 0.3) is 0 Å². The second-order valence-corrected chi connectivity index (χ2v) is 7.97. The zero-order valence-electron chi connectivity index (χ0n) is 15.3. The number of hydrogen-bond acceptors (Lipinski definition) is 4. The van der Waals surface area contributed by atoms with E-state index in [2.05, 4.69) is 6.58 Å². The summed E-state index contributed by atoms with van der Waals surface area (Å²) in [7, 11) is 0. The molecule has 0 saturated heterocycles. The van der Waals surface area contributed by atoms with Crippen LogP contribution in [0.15, 0.2) is 23.8 Å². The van der Waals surface area contributed by atoms with Crippen LogP contribution in [0.25, 0.3) is 0 Å². The number of aliphatic carboxylic acids is 1. The van der Waals surface area contributed by atoms with Crippen molar-refractivity contribution >= 4 is 11.9 Å². The van der Waals surface area contributed by atoms with Crippen molar-refractivity contribution in [1.82, 2.24) is 0 Å². The molecule has 4 saturated carbocycles. The van der Waals surface area contributed by atoms with E-state index in [0.717, 1.165) is 37.0 Å². The molecule has 0 unspecified atom stereocenters. The van der Waals surface area contributed by atoms with E-state index in [1.54, 1.807) is 6.92 Å². The Morgan fingerprint density at radius 2 is 1.60 bits per heavy atom. The van der Waals surface area contributed by atoms with Crippen molar-refractivity contribution < 1.29 is 24.5 Å². The lowest BCUT2D eigenvalue weighted by Crippen LogP contribution is -2.52. The van der Waals surface area contributed by atoms with Gasteiger partial charge in [-0.15, -0.1) is 0 Å². The molecular weight excluding hydrogens is 320 g/mol. The molecular formula is C20H30O5. The average molecular weight is 350 g/mol. The van der Waals surface area contributed by atoms with E-state index >= 15 is 0 Å². The molecule has 5 heteroatoms. The maximum absolute atomic E-state index is 11.7. The van der Waals surface area contributed by atoms with E-state index in [4.69, 9.17) is 14.9 Å². The number of carbonyl (C=O) groups is 2. The number of carbonyl (C=O) groups excluding carboxylic acids is 1. The van der Waals surface area contributed by atoms with Gasteiger partial charge < -0.3 is 14.9 Å². The highest BCUT2D eigenvalue weighted by Gasteiger charge is 2.53. The van der Waals surface area contributed by atoms with Gasteiger partial charge in [0.2, 0.25) is 0 Å². The molecule has 25 heavy (non-hydrogen) atoms. The standard InChI is InChI=1S/C14H20O2.C6H10O3/c1-9(2)13(15)16-14-6-10-3-11(7-14)5-12(4-10)8-14;1-5(6(8)9)3-2-4-7/h10-12H,1,3-8H2,2H3;3,7H,2,4H2,1H3,(H,8,9). The predicted octanol–water partition coefficient (Wildman–Crippen LogP) is 3.47. The molecule has 0 aromatic rings. The van der Waals surface area contributed by atoms with Gasteiger partial charge in [0.15, 0.2) is 0 Å². The van der Waals surface area contributed by atoms with Crippen molar-refractivity contribution in [2.24, 2.45) is 17.8 Å². The van der Waals surface area contributed by atoms with Gasteiger partial charge in [-0.05, 0) is 76.5 Å². The topological polar surface area (TPSA) is 83.8 Å². The van der Waals surface area contributed by atoms with Gasteiger partial charge in [-0.25, -0.2) is 9.59 Å². The minimum atomic E-state index is -0.927. The summed E-state index contributed by atoms with van der Waals surface area (Å²) < 4.78 is 5.77. The van der Waals surface area contributed by atoms with Gasteiger partial charge in [-0.1, -0.05) is 12.7 Å². The molecule has 0 spiro atoms. The number of esters is 1. The fraction of sp³-hybridized carbons (Fsp3) is 0.700. The normalized spacial score (nSPS) is 32.6. The Labute approximate surface area is 149 Å². The Balaban J connectivity index is 0.000000217. The summed E-state index contributed by atoms with van der Waals surface area (Å²) in [5.41, 5.74) is 0.713. The third-order valence-electron chi connectivity index (χ3n) is 5.56. The lowest BCUT2D eigenvalue weighted by Gasteiger charge is -2.55. The highest BCUT2D eigenvalue weighted by Crippen LogP contribution is 2.57. The predicted molar refractivity (Wildman–Crippen MR) is 94.9 cm³/mol. The fourth-order valence-corrected chi connectivity index (χ4v) is 4.81. The van der Waals surface area contributed by atoms with E-state index in [0.29, 0.717) is 12.0 Å². The first-order valence-electron chi connectivity index (χ1n) is 9.14. The Kier molecular flexibility index (Phi) is 6.44. The van der Waals surface area contributed by atoms with Gasteiger partial charge >= 0.3 is 11.9 Å². The first-order chi connectivity index (χ1) is 11.7. The van der Waals surface area contributed by atoms with Crippen LogP contribution >= 0.6 is 0 Å². The lowest BCUT2D eigenvalue weighted by atomic mass is 9.54. The minimum Gasteiger partial charge on any atom is -0.478 e. The molecule has 4 fully saturated rings. The molecule has 0 radical (unpaired) electrons. The highest BCUT2D eigenvalue weighted by atomic mass is 16.6. The fourth-order valence-electron chi connectivity index (χ4n) is 4.81. The summed E-state index contributed by atoms with van der Waals surface area (Å²) in [4.78, 5) is 21.8. The van der Waals surface area contributed by atoms with Crippen molar-refractivity contribution in [2.75, 3.05) is 6.61 Å². The van der Waals surface area contributed by atoms with Crippen LogP contribution in [0.2, 0.25) is 0 Å². The van der Waals surface area contributed by atoms with Crippen LogP contribution in [-0.2, 0) is 14.3 Å². The maximum atomic E-state index is 11.7. The van der Waals surface area contributed by atoms with Crippen LogP contribution < -0.4 is 0 Å². The molecule has 140 valence electrons. The number of rotatable bonds is 5. The van der Waals surface area contributed by atoms with Gasteiger partial charge in [-0.3, -0.25) is 0 Å². The van der Waals surface area contributed by atoms with Crippen LogP contribution in [0.5, 0.6) is 0 Å². The van der Waals surface area contributed by atoms with E-state index in [1.165, 1.54) is 32.3 Å². The summed E-state index contributed by atoms with van der Waals surface area (Å²) in [5, 5.41) is 16.5. The number of ether oxygens (including phenoxy) is 1. The van der Waals surface area contributed by atoms with Gasteiger partial charge in [-0.2, -0.15) is 0 Å². The number of hydrogen-bond donors (Lipinski definition) is 2. The molecule has 0 aromatic heterocycles. The van der Waals surface area contributed by atoms with Gasteiger partial charge in [0, 0.05) is 17.8 Å². The summed E-state index contributed by atoms with van der Waals surface area (Å²) in [6.45, 7) is 6.92. The third kappa shape index (κ3) is 5.18. The van der Waals surface area contributed by atoms with Gasteiger partial charge in [0.05, 0.1) is 0 Å². The number of aliphatic hydroxyl groups excluding tert-OH is 1. The van der Waals surface area contributed by atoms with E-state index in [9.17, 15) is 9.59 Å². The smallest absolute Gasteiger partial charge is 0.333 e.